The average molecular weight is 385 g/mol. The van der Waals surface area contributed by atoms with Gasteiger partial charge < -0.3 is 20.5 Å². The third kappa shape index (κ3) is 8.94. The first kappa shape index (κ1) is 22.1. The highest BCUT2D eigenvalue weighted by Gasteiger charge is 2.25. The molecule has 0 spiro atoms. The number of amides is 1. The topological polar surface area (TPSA) is 90.6 Å². The van der Waals surface area contributed by atoms with Crippen molar-refractivity contribution in [2.24, 2.45) is 0 Å². The second kappa shape index (κ2) is 8.62. The van der Waals surface area contributed by atoms with Gasteiger partial charge in [-0.2, -0.15) is 0 Å². The van der Waals surface area contributed by atoms with Crippen LogP contribution in [0.25, 0.3) is 0 Å². The number of halogens is 1. The molecule has 146 valence electrons. The van der Waals surface area contributed by atoms with Gasteiger partial charge in [0, 0.05) is 16.8 Å². The second-order valence-electron chi connectivity index (χ2n) is 8.19. The number of nitrogens with one attached hydrogen (secondary N) is 1. The van der Waals surface area contributed by atoms with Crippen molar-refractivity contribution in [3.63, 3.8) is 0 Å². The molecule has 1 rings (SSSR count). The van der Waals surface area contributed by atoms with E-state index in [1.807, 2.05) is 0 Å². The van der Waals surface area contributed by atoms with Crippen LogP contribution in [0.2, 0.25) is 5.02 Å². The lowest BCUT2D eigenvalue weighted by atomic mass is 10.0. The molecule has 0 fully saturated rings. The molecule has 0 aliphatic rings. The Morgan fingerprint density at radius 2 is 1.69 bits per heavy atom. The number of hydrogen-bond acceptors (Lipinski definition) is 5. The van der Waals surface area contributed by atoms with Crippen LogP contribution in [0.1, 0.15) is 53.5 Å². The van der Waals surface area contributed by atoms with Crippen molar-refractivity contribution in [3.05, 3.63) is 28.8 Å². The molecule has 0 aliphatic heterocycles. The monoisotopic (exact) mass is 384 g/mol. The number of carbonyl (C=O) groups excluding carboxylic acids is 2. The van der Waals surface area contributed by atoms with E-state index in [0.29, 0.717) is 17.1 Å². The maximum Gasteiger partial charge on any atom is 0.407 e. The number of hydrogen-bond donors (Lipinski definition) is 2. The number of carbonyl (C=O) groups is 2. The first-order valence-electron chi connectivity index (χ1n) is 8.50. The minimum atomic E-state index is -0.643. The molecule has 0 saturated heterocycles. The standard InChI is InChI=1S/C19H29ClN2O4/c1-18(2,3)25-16(23)11-14(22-17(24)26-19(4,5)6)10-12-9-13(21)7-8-15(12)20/h7-9,14H,10-11,21H2,1-6H3,(H,22,24)/t14-/m0/s1. The fourth-order valence-corrected chi connectivity index (χ4v) is 2.44. The van der Waals surface area contributed by atoms with Crippen LogP contribution in [0.3, 0.4) is 0 Å². The molecule has 7 heteroatoms. The Kier molecular flexibility index (Phi) is 7.33. The lowest BCUT2D eigenvalue weighted by Gasteiger charge is -2.25. The average Bonchev–Trinajstić information content (AvgIpc) is 2.38. The van der Waals surface area contributed by atoms with Crippen molar-refractivity contribution < 1.29 is 19.1 Å². The normalized spacial score (nSPS) is 13.0. The Morgan fingerprint density at radius 3 is 2.23 bits per heavy atom. The van der Waals surface area contributed by atoms with Gasteiger partial charge in [0.1, 0.15) is 11.2 Å². The number of ether oxygens (including phenoxy) is 2. The minimum Gasteiger partial charge on any atom is -0.460 e. The molecule has 1 amide bonds. The quantitative estimate of drug-likeness (QED) is 0.589. The maximum absolute atomic E-state index is 12.2. The summed E-state index contributed by atoms with van der Waals surface area (Å²) in [6, 6.07) is 4.56. The van der Waals surface area contributed by atoms with E-state index >= 15 is 0 Å². The van der Waals surface area contributed by atoms with Crippen LogP contribution in [0.4, 0.5) is 10.5 Å². The zero-order valence-electron chi connectivity index (χ0n) is 16.3. The molecule has 0 bridgehead atoms. The van der Waals surface area contributed by atoms with Gasteiger partial charge in [-0.25, -0.2) is 4.79 Å². The highest BCUT2D eigenvalue weighted by Crippen LogP contribution is 2.22. The smallest absolute Gasteiger partial charge is 0.407 e. The molecule has 1 aromatic carbocycles. The Bertz CT molecular complexity index is 618. The van der Waals surface area contributed by atoms with Crippen LogP contribution in [0, 0.1) is 0 Å². The van der Waals surface area contributed by atoms with Crippen molar-refractivity contribution in [2.45, 2.75) is 71.6 Å². The fourth-order valence-electron chi connectivity index (χ4n) is 2.25. The third-order valence-electron chi connectivity index (χ3n) is 3.09. The first-order chi connectivity index (χ1) is 11.7. The number of alkyl carbamates (subject to hydrolysis) is 1. The van der Waals surface area contributed by atoms with E-state index in [1.165, 1.54) is 0 Å². The SMILES string of the molecule is CC(C)(C)OC(=O)C[C@H](Cc1cc(N)ccc1Cl)NC(=O)OC(C)(C)C. The zero-order chi connectivity index (χ0) is 20.1. The van der Waals surface area contributed by atoms with E-state index in [2.05, 4.69) is 5.32 Å². The van der Waals surface area contributed by atoms with Gasteiger partial charge >= 0.3 is 12.1 Å². The minimum absolute atomic E-state index is 0.0123. The Morgan fingerprint density at radius 1 is 1.12 bits per heavy atom. The van der Waals surface area contributed by atoms with Crippen molar-refractivity contribution in [1.82, 2.24) is 5.32 Å². The van der Waals surface area contributed by atoms with Gasteiger partial charge in [0.25, 0.3) is 0 Å². The summed E-state index contributed by atoms with van der Waals surface area (Å²) in [5, 5.41) is 3.24. The first-order valence-corrected chi connectivity index (χ1v) is 8.88. The third-order valence-corrected chi connectivity index (χ3v) is 3.46. The van der Waals surface area contributed by atoms with E-state index in [0.717, 1.165) is 5.56 Å². The highest BCUT2D eigenvalue weighted by molar-refractivity contribution is 6.31. The van der Waals surface area contributed by atoms with E-state index in [9.17, 15) is 9.59 Å². The Hall–Kier alpha value is -1.95. The van der Waals surface area contributed by atoms with Crippen LogP contribution in [-0.2, 0) is 20.7 Å². The van der Waals surface area contributed by atoms with Gasteiger partial charge in [-0.05, 0) is 71.7 Å². The largest absolute Gasteiger partial charge is 0.460 e. The van der Waals surface area contributed by atoms with Gasteiger partial charge in [-0.1, -0.05) is 11.6 Å². The zero-order valence-corrected chi connectivity index (χ0v) is 17.1. The summed E-state index contributed by atoms with van der Waals surface area (Å²) in [5.74, 6) is -0.418. The number of benzene rings is 1. The van der Waals surface area contributed by atoms with E-state index in [-0.39, 0.29) is 6.42 Å². The predicted molar refractivity (Wildman–Crippen MR) is 103 cm³/mol. The predicted octanol–water partition coefficient (Wildman–Crippen LogP) is 4.09. The summed E-state index contributed by atoms with van der Waals surface area (Å²) in [6.45, 7) is 10.7. The summed E-state index contributed by atoms with van der Waals surface area (Å²) in [7, 11) is 0. The van der Waals surface area contributed by atoms with Crippen molar-refractivity contribution in [3.8, 4) is 0 Å². The van der Waals surface area contributed by atoms with Crippen LogP contribution < -0.4 is 11.1 Å². The summed E-state index contributed by atoms with van der Waals surface area (Å²) in [5.41, 5.74) is 5.84. The summed E-state index contributed by atoms with van der Waals surface area (Å²) >= 11 is 6.21. The van der Waals surface area contributed by atoms with Gasteiger partial charge in [-0.3, -0.25) is 4.79 Å². The molecule has 26 heavy (non-hydrogen) atoms. The summed E-state index contributed by atoms with van der Waals surface area (Å²) < 4.78 is 10.6. The van der Waals surface area contributed by atoms with Gasteiger partial charge in [0.15, 0.2) is 0 Å². The summed E-state index contributed by atoms with van der Waals surface area (Å²) in [6.07, 6.45) is -0.296. The maximum atomic E-state index is 12.2. The fraction of sp³-hybridized carbons (Fsp3) is 0.579. The number of nitrogens with two attached hydrogens (primary N) is 1. The number of rotatable bonds is 5. The lowest BCUT2D eigenvalue weighted by Crippen LogP contribution is -2.42. The number of anilines is 1. The molecule has 0 aliphatic carbocycles. The molecule has 0 saturated carbocycles. The van der Waals surface area contributed by atoms with E-state index in [4.69, 9.17) is 26.8 Å². The molecule has 0 heterocycles. The molecule has 0 radical (unpaired) electrons. The molecular weight excluding hydrogens is 356 g/mol. The van der Waals surface area contributed by atoms with Crippen molar-refractivity contribution >= 4 is 29.4 Å². The molecular formula is C19H29ClN2O4. The second-order valence-corrected chi connectivity index (χ2v) is 8.60. The van der Waals surface area contributed by atoms with Gasteiger partial charge in [-0.15, -0.1) is 0 Å². The number of esters is 1. The number of nitrogen functional groups attached to an aromatic ring is 1. The van der Waals surface area contributed by atoms with Gasteiger partial charge in [0.2, 0.25) is 0 Å². The lowest BCUT2D eigenvalue weighted by molar-refractivity contribution is -0.155. The van der Waals surface area contributed by atoms with Crippen LogP contribution >= 0.6 is 11.6 Å². The van der Waals surface area contributed by atoms with Crippen LogP contribution in [0.5, 0.6) is 0 Å². The Labute approximate surface area is 160 Å². The molecule has 3 N–H and O–H groups in total. The molecule has 1 aromatic rings. The van der Waals surface area contributed by atoms with Crippen LogP contribution in [0.15, 0.2) is 18.2 Å². The van der Waals surface area contributed by atoms with E-state index in [1.54, 1.807) is 59.7 Å². The summed E-state index contributed by atoms with van der Waals surface area (Å²) in [4.78, 5) is 24.3. The van der Waals surface area contributed by atoms with Crippen molar-refractivity contribution in [1.29, 1.82) is 0 Å². The molecule has 6 nitrogen and oxygen atoms in total. The van der Waals surface area contributed by atoms with Crippen molar-refractivity contribution in [2.75, 3.05) is 5.73 Å². The van der Waals surface area contributed by atoms with E-state index < -0.39 is 29.3 Å². The van der Waals surface area contributed by atoms with Crippen LogP contribution in [-0.4, -0.2) is 29.3 Å². The molecule has 0 unspecified atom stereocenters. The molecule has 0 aromatic heterocycles. The van der Waals surface area contributed by atoms with Gasteiger partial charge in [0.05, 0.1) is 6.42 Å². The molecule has 1 atom stereocenters. The Balaban J connectivity index is 2.91. The highest BCUT2D eigenvalue weighted by atomic mass is 35.5.